The van der Waals surface area contributed by atoms with Crippen LogP contribution in [0.25, 0.3) is 0 Å². The molecule has 0 amide bonds. The molecule has 4 nitrogen and oxygen atoms in total. The van der Waals surface area contributed by atoms with Crippen molar-refractivity contribution in [3.8, 4) is 0 Å². The van der Waals surface area contributed by atoms with Crippen LogP contribution in [0.2, 0.25) is 0 Å². The van der Waals surface area contributed by atoms with E-state index in [9.17, 15) is 4.79 Å². The molecular weight excluding hydrogens is 228 g/mol. The number of benzene rings is 1. The number of nitrogen functional groups attached to an aromatic ring is 1. The Kier molecular flexibility index (Phi) is 4.59. The molecular formula is C14H22N2O2. The average Bonchev–Trinajstić information content (AvgIpc) is 2.35. The Morgan fingerprint density at radius 3 is 2.39 bits per heavy atom. The molecule has 1 rings (SSSR count). The first kappa shape index (κ1) is 14.4. The highest BCUT2D eigenvalue weighted by molar-refractivity contribution is 5.91. The molecule has 0 saturated heterocycles. The van der Waals surface area contributed by atoms with Gasteiger partial charge in [0.2, 0.25) is 0 Å². The smallest absolute Gasteiger partial charge is 0.337 e. The third-order valence-corrected chi connectivity index (χ3v) is 3.40. The molecule has 0 aliphatic carbocycles. The number of carbonyl (C=O) groups excluding carboxylic acids is 1. The van der Waals surface area contributed by atoms with Crippen LogP contribution in [-0.4, -0.2) is 26.2 Å². The molecule has 4 heteroatoms. The van der Waals surface area contributed by atoms with Gasteiger partial charge in [-0.1, -0.05) is 13.8 Å². The molecule has 0 aliphatic heterocycles. The van der Waals surface area contributed by atoms with Gasteiger partial charge in [-0.3, -0.25) is 0 Å². The summed E-state index contributed by atoms with van der Waals surface area (Å²) in [6.07, 6.45) is 0. The summed E-state index contributed by atoms with van der Waals surface area (Å²) in [7, 11) is 3.37. The molecule has 2 N–H and O–H groups in total. The minimum absolute atomic E-state index is 0.368. The van der Waals surface area contributed by atoms with Crippen LogP contribution in [-0.2, 0) is 4.74 Å². The number of anilines is 2. The van der Waals surface area contributed by atoms with Gasteiger partial charge in [-0.05, 0) is 31.0 Å². The molecule has 1 atom stereocenters. The summed E-state index contributed by atoms with van der Waals surface area (Å²) in [4.78, 5) is 13.5. The molecule has 0 heterocycles. The monoisotopic (exact) mass is 250 g/mol. The average molecular weight is 250 g/mol. The van der Waals surface area contributed by atoms with Gasteiger partial charge in [-0.2, -0.15) is 0 Å². The van der Waals surface area contributed by atoms with Crippen molar-refractivity contribution in [3.63, 3.8) is 0 Å². The standard InChI is InChI=1S/C14H22N2O2/c1-9(2)10(3)16(4)13-7-6-11(8-12(13)15)14(17)18-5/h6-10H,15H2,1-5H3. The van der Waals surface area contributed by atoms with Gasteiger partial charge in [-0.15, -0.1) is 0 Å². The molecule has 0 aliphatic rings. The van der Waals surface area contributed by atoms with Crippen LogP contribution in [0, 0.1) is 5.92 Å². The van der Waals surface area contributed by atoms with Crippen molar-refractivity contribution in [2.24, 2.45) is 5.92 Å². The highest BCUT2D eigenvalue weighted by atomic mass is 16.5. The Balaban J connectivity index is 3.02. The lowest BCUT2D eigenvalue weighted by molar-refractivity contribution is 0.0601. The van der Waals surface area contributed by atoms with E-state index >= 15 is 0 Å². The Morgan fingerprint density at radius 1 is 1.33 bits per heavy atom. The fraction of sp³-hybridized carbons (Fsp3) is 0.500. The van der Waals surface area contributed by atoms with E-state index in [4.69, 9.17) is 5.73 Å². The van der Waals surface area contributed by atoms with Crippen LogP contribution in [0.3, 0.4) is 0 Å². The van der Waals surface area contributed by atoms with Gasteiger partial charge in [-0.25, -0.2) is 4.79 Å². The Bertz CT molecular complexity index is 430. The Hall–Kier alpha value is -1.71. The van der Waals surface area contributed by atoms with E-state index in [-0.39, 0.29) is 5.97 Å². The van der Waals surface area contributed by atoms with Crippen molar-refractivity contribution in [1.82, 2.24) is 0 Å². The number of methoxy groups -OCH3 is 1. The molecule has 1 aromatic rings. The van der Waals surface area contributed by atoms with Crippen molar-refractivity contribution in [2.45, 2.75) is 26.8 Å². The predicted molar refractivity (Wildman–Crippen MR) is 74.9 cm³/mol. The van der Waals surface area contributed by atoms with Gasteiger partial charge < -0.3 is 15.4 Å². The number of nitrogens with two attached hydrogens (primary N) is 1. The summed E-state index contributed by atoms with van der Waals surface area (Å²) in [5.41, 5.74) is 8.00. The first-order valence-corrected chi connectivity index (χ1v) is 6.09. The number of hydrogen-bond donors (Lipinski definition) is 1. The zero-order valence-electron chi connectivity index (χ0n) is 11.7. The maximum absolute atomic E-state index is 11.4. The molecule has 1 unspecified atom stereocenters. The highest BCUT2D eigenvalue weighted by Gasteiger charge is 2.17. The van der Waals surface area contributed by atoms with Crippen molar-refractivity contribution in [3.05, 3.63) is 23.8 Å². The number of rotatable bonds is 4. The van der Waals surface area contributed by atoms with E-state index in [0.29, 0.717) is 23.2 Å². The Labute approximate surface area is 109 Å². The number of carbonyl (C=O) groups is 1. The molecule has 18 heavy (non-hydrogen) atoms. The summed E-state index contributed by atoms with van der Waals surface area (Å²) in [5.74, 6) is 0.155. The highest BCUT2D eigenvalue weighted by Crippen LogP contribution is 2.27. The van der Waals surface area contributed by atoms with E-state index < -0.39 is 0 Å². The minimum Gasteiger partial charge on any atom is -0.465 e. The lowest BCUT2D eigenvalue weighted by atomic mass is 10.0. The molecule has 0 fully saturated rings. The molecule has 0 radical (unpaired) electrons. The van der Waals surface area contributed by atoms with Crippen molar-refractivity contribution in [1.29, 1.82) is 0 Å². The van der Waals surface area contributed by atoms with Gasteiger partial charge in [0.1, 0.15) is 0 Å². The molecule has 0 aromatic heterocycles. The van der Waals surface area contributed by atoms with Gasteiger partial charge >= 0.3 is 5.97 Å². The number of esters is 1. The first-order valence-electron chi connectivity index (χ1n) is 6.09. The molecule has 100 valence electrons. The van der Waals surface area contributed by atoms with Crippen molar-refractivity contribution in [2.75, 3.05) is 24.8 Å². The second kappa shape index (κ2) is 5.76. The van der Waals surface area contributed by atoms with Gasteiger partial charge in [0.25, 0.3) is 0 Å². The third kappa shape index (κ3) is 2.94. The van der Waals surface area contributed by atoms with E-state index in [1.54, 1.807) is 12.1 Å². The lowest BCUT2D eigenvalue weighted by Gasteiger charge is -2.31. The maximum Gasteiger partial charge on any atom is 0.337 e. The summed E-state index contributed by atoms with van der Waals surface area (Å²) in [5, 5.41) is 0. The lowest BCUT2D eigenvalue weighted by Crippen LogP contribution is -2.33. The Morgan fingerprint density at radius 2 is 1.94 bits per heavy atom. The molecule has 1 aromatic carbocycles. The van der Waals surface area contributed by atoms with E-state index in [0.717, 1.165) is 5.69 Å². The second-order valence-electron chi connectivity index (χ2n) is 4.86. The quantitative estimate of drug-likeness (QED) is 0.659. The second-order valence-corrected chi connectivity index (χ2v) is 4.86. The number of ether oxygens (including phenoxy) is 1. The minimum atomic E-state index is -0.368. The molecule has 0 spiro atoms. The van der Waals surface area contributed by atoms with Gasteiger partial charge in [0.05, 0.1) is 24.0 Å². The predicted octanol–water partition coefficient (Wildman–Crippen LogP) is 2.54. The van der Waals surface area contributed by atoms with E-state index in [2.05, 4.69) is 30.4 Å². The fourth-order valence-electron chi connectivity index (χ4n) is 1.79. The van der Waals surface area contributed by atoms with Gasteiger partial charge in [0, 0.05) is 13.1 Å². The van der Waals surface area contributed by atoms with Crippen LogP contribution in [0.1, 0.15) is 31.1 Å². The summed E-state index contributed by atoms with van der Waals surface area (Å²) < 4.78 is 4.67. The molecule has 0 bridgehead atoms. The fourth-order valence-corrected chi connectivity index (χ4v) is 1.79. The summed E-state index contributed by atoms with van der Waals surface area (Å²) in [6, 6.07) is 5.63. The van der Waals surface area contributed by atoms with Crippen LogP contribution >= 0.6 is 0 Å². The largest absolute Gasteiger partial charge is 0.465 e. The van der Waals surface area contributed by atoms with Crippen LogP contribution < -0.4 is 10.6 Å². The topological polar surface area (TPSA) is 55.6 Å². The maximum atomic E-state index is 11.4. The van der Waals surface area contributed by atoms with Crippen molar-refractivity contribution < 1.29 is 9.53 Å². The third-order valence-electron chi connectivity index (χ3n) is 3.40. The summed E-state index contributed by atoms with van der Waals surface area (Å²) >= 11 is 0. The zero-order valence-corrected chi connectivity index (χ0v) is 11.7. The SMILES string of the molecule is COC(=O)c1ccc(N(C)C(C)C(C)C)c(N)c1. The number of nitrogens with zero attached hydrogens (tertiary/aromatic N) is 1. The van der Waals surface area contributed by atoms with E-state index in [1.165, 1.54) is 7.11 Å². The summed E-state index contributed by atoms with van der Waals surface area (Å²) in [6.45, 7) is 6.48. The first-order chi connectivity index (χ1) is 8.38. The number of hydrogen-bond acceptors (Lipinski definition) is 4. The normalized spacial score (nSPS) is 12.3. The van der Waals surface area contributed by atoms with Crippen LogP contribution in [0.4, 0.5) is 11.4 Å². The zero-order chi connectivity index (χ0) is 13.9. The molecule has 0 saturated carbocycles. The van der Waals surface area contributed by atoms with Crippen LogP contribution in [0.5, 0.6) is 0 Å². The van der Waals surface area contributed by atoms with Gasteiger partial charge in [0.15, 0.2) is 0 Å². The van der Waals surface area contributed by atoms with Crippen molar-refractivity contribution >= 4 is 17.3 Å². The van der Waals surface area contributed by atoms with Crippen LogP contribution in [0.15, 0.2) is 18.2 Å². The van der Waals surface area contributed by atoms with E-state index in [1.807, 2.05) is 13.1 Å².